The molecule has 15 heavy (non-hydrogen) atoms. The third kappa shape index (κ3) is 2.35. The van der Waals surface area contributed by atoms with Crippen LogP contribution < -0.4 is 5.32 Å². The van der Waals surface area contributed by atoms with Crippen LogP contribution in [0.5, 0.6) is 0 Å². The maximum atomic E-state index is 3.69. The molecule has 1 N–H and O–H groups in total. The zero-order valence-corrected chi connectivity index (χ0v) is 10.4. The molecule has 0 saturated carbocycles. The maximum Gasteiger partial charge on any atom is 0.0264 e. The maximum absolute atomic E-state index is 3.69. The van der Waals surface area contributed by atoms with Gasteiger partial charge in [0.15, 0.2) is 0 Å². The van der Waals surface area contributed by atoms with Gasteiger partial charge in [0.25, 0.3) is 0 Å². The Balaban J connectivity index is 1.90. The summed E-state index contributed by atoms with van der Waals surface area (Å²) in [4.78, 5) is 0. The molecule has 3 heteroatoms. The molecule has 0 aromatic carbocycles. The lowest BCUT2D eigenvalue weighted by Crippen LogP contribution is -2.54. The van der Waals surface area contributed by atoms with E-state index in [9.17, 15) is 0 Å². The van der Waals surface area contributed by atoms with Gasteiger partial charge < -0.3 is 5.32 Å². The number of nitrogens with zero attached hydrogens (tertiary/aromatic N) is 2. The van der Waals surface area contributed by atoms with Gasteiger partial charge in [0.1, 0.15) is 0 Å². The molecular weight excluding hydrogens is 186 g/mol. The lowest BCUT2D eigenvalue weighted by molar-refractivity contribution is -0.0548. The molecule has 2 aliphatic rings. The Kier molecular flexibility index (Phi) is 3.65. The number of hydrogen-bond donors (Lipinski definition) is 1. The molecule has 0 aromatic heterocycles. The molecule has 0 aliphatic carbocycles. The molecule has 0 spiro atoms. The van der Waals surface area contributed by atoms with Crippen LogP contribution in [0.25, 0.3) is 0 Å². The van der Waals surface area contributed by atoms with Gasteiger partial charge in [-0.25, -0.2) is 10.0 Å². The molecule has 2 atom stereocenters. The highest BCUT2D eigenvalue weighted by atomic mass is 15.6. The molecule has 2 fully saturated rings. The van der Waals surface area contributed by atoms with Gasteiger partial charge in [0.2, 0.25) is 0 Å². The topological polar surface area (TPSA) is 18.5 Å². The summed E-state index contributed by atoms with van der Waals surface area (Å²) in [5.74, 6) is 0. The summed E-state index contributed by atoms with van der Waals surface area (Å²) in [6, 6.07) is 2.37. The number of hydrazine groups is 1. The first-order valence-electron chi connectivity index (χ1n) is 6.41. The van der Waals surface area contributed by atoms with E-state index in [1.165, 1.54) is 38.6 Å². The van der Waals surface area contributed by atoms with Crippen molar-refractivity contribution in [2.45, 2.75) is 57.2 Å². The Morgan fingerprint density at radius 1 is 1.20 bits per heavy atom. The smallest absolute Gasteiger partial charge is 0.0264 e. The molecule has 0 amide bonds. The van der Waals surface area contributed by atoms with Crippen LogP contribution in [0.2, 0.25) is 0 Å². The van der Waals surface area contributed by atoms with Crippen LogP contribution >= 0.6 is 0 Å². The van der Waals surface area contributed by atoms with Gasteiger partial charge in [-0.2, -0.15) is 0 Å². The van der Waals surface area contributed by atoms with Crippen LogP contribution in [0, 0.1) is 0 Å². The van der Waals surface area contributed by atoms with Crippen LogP contribution in [0.3, 0.4) is 0 Å². The monoisotopic (exact) mass is 211 g/mol. The van der Waals surface area contributed by atoms with Crippen LogP contribution in [-0.2, 0) is 0 Å². The number of nitrogens with one attached hydrogen (secondary N) is 1. The number of piperidine rings is 1. The number of fused-ring (bicyclic) bond motifs is 2. The van der Waals surface area contributed by atoms with Gasteiger partial charge in [0.05, 0.1) is 0 Å². The highest BCUT2D eigenvalue weighted by Crippen LogP contribution is 2.35. The standard InChI is InChI=1S/C12H25N3/c1-4-7-13-10-8-11-5-6-12(9-10)15(11)14(2)3/h10-13H,4-9H2,1-3H3. The van der Waals surface area contributed by atoms with Crippen molar-refractivity contribution in [3.8, 4) is 0 Å². The number of hydrogen-bond acceptors (Lipinski definition) is 3. The second kappa shape index (κ2) is 4.81. The first-order chi connectivity index (χ1) is 7.22. The fourth-order valence-electron chi connectivity index (χ4n) is 3.32. The quantitative estimate of drug-likeness (QED) is 0.759. The summed E-state index contributed by atoms with van der Waals surface area (Å²) >= 11 is 0. The van der Waals surface area contributed by atoms with E-state index in [-0.39, 0.29) is 0 Å². The molecule has 2 bridgehead atoms. The van der Waals surface area contributed by atoms with Gasteiger partial charge >= 0.3 is 0 Å². The predicted octanol–water partition coefficient (Wildman–Crippen LogP) is 1.46. The summed E-state index contributed by atoms with van der Waals surface area (Å²) in [5, 5.41) is 8.59. The molecule has 2 heterocycles. The minimum absolute atomic E-state index is 0.777. The van der Waals surface area contributed by atoms with Crippen molar-refractivity contribution >= 4 is 0 Å². The fourth-order valence-corrected chi connectivity index (χ4v) is 3.32. The van der Waals surface area contributed by atoms with Crippen molar-refractivity contribution < 1.29 is 0 Å². The van der Waals surface area contributed by atoms with Gasteiger partial charge in [-0.05, 0) is 38.6 Å². The fraction of sp³-hybridized carbons (Fsp3) is 1.00. The van der Waals surface area contributed by atoms with E-state index in [4.69, 9.17) is 0 Å². The Morgan fingerprint density at radius 3 is 2.27 bits per heavy atom. The van der Waals surface area contributed by atoms with Gasteiger partial charge in [0, 0.05) is 32.2 Å². The molecule has 0 radical (unpaired) electrons. The normalized spacial score (nSPS) is 36.4. The van der Waals surface area contributed by atoms with Crippen LogP contribution in [0.1, 0.15) is 39.0 Å². The molecule has 2 aliphatic heterocycles. The van der Waals surface area contributed by atoms with E-state index < -0.39 is 0 Å². The third-order valence-electron chi connectivity index (χ3n) is 3.84. The molecule has 2 rings (SSSR count). The second-order valence-corrected chi connectivity index (χ2v) is 5.23. The molecule has 3 nitrogen and oxygen atoms in total. The second-order valence-electron chi connectivity index (χ2n) is 5.23. The van der Waals surface area contributed by atoms with Crippen molar-refractivity contribution in [3.05, 3.63) is 0 Å². The highest BCUT2D eigenvalue weighted by Gasteiger charge is 2.41. The molecule has 2 unspecified atom stereocenters. The van der Waals surface area contributed by atoms with E-state index in [0.29, 0.717) is 0 Å². The van der Waals surface area contributed by atoms with Crippen molar-refractivity contribution in [3.63, 3.8) is 0 Å². The molecular formula is C12H25N3. The molecule has 0 aromatic rings. The lowest BCUT2D eigenvalue weighted by Gasteiger charge is -2.42. The molecule has 88 valence electrons. The van der Waals surface area contributed by atoms with Crippen molar-refractivity contribution in [1.29, 1.82) is 0 Å². The minimum Gasteiger partial charge on any atom is -0.314 e. The first kappa shape index (κ1) is 11.4. The summed E-state index contributed by atoms with van der Waals surface area (Å²) < 4.78 is 0. The van der Waals surface area contributed by atoms with Crippen molar-refractivity contribution in [2.24, 2.45) is 0 Å². The summed E-state index contributed by atoms with van der Waals surface area (Å²) in [6.45, 7) is 3.43. The van der Waals surface area contributed by atoms with E-state index in [0.717, 1.165) is 18.1 Å². The molecule has 2 saturated heterocycles. The van der Waals surface area contributed by atoms with Gasteiger partial charge in [-0.3, -0.25) is 0 Å². The first-order valence-corrected chi connectivity index (χ1v) is 6.41. The Hall–Kier alpha value is -0.120. The van der Waals surface area contributed by atoms with Crippen molar-refractivity contribution in [2.75, 3.05) is 20.6 Å². The predicted molar refractivity (Wildman–Crippen MR) is 63.7 cm³/mol. The Labute approximate surface area is 93.8 Å². The largest absolute Gasteiger partial charge is 0.314 e. The van der Waals surface area contributed by atoms with E-state index in [2.05, 4.69) is 36.4 Å². The minimum atomic E-state index is 0.777. The van der Waals surface area contributed by atoms with Crippen LogP contribution in [-0.4, -0.2) is 48.8 Å². The number of rotatable bonds is 4. The summed E-state index contributed by atoms with van der Waals surface area (Å²) in [6.07, 6.45) is 6.73. The highest BCUT2D eigenvalue weighted by molar-refractivity contribution is 4.95. The van der Waals surface area contributed by atoms with E-state index in [1.54, 1.807) is 0 Å². The SMILES string of the molecule is CCCNC1CC2CCC(C1)N2N(C)C. The average molecular weight is 211 g/mol. The summed E-state index contributed by atoms with van der Waals surface area (Å²) in [7, 11) is 4.37. The van der Waals surface area contributed by atoms with Crippen molar-refractivity contribution in [1.82, 2.24) is 15.3 Å². The van der Waals surface area contributed by atoms with Crippen LogP contribution in [0.4, 0.5) is 0 Å². The average Bonchev–Trinajstić information content (AvgIpc) is 2.48. The summed E-state index contributed by atoms with van der Waals surface area (Å²) in [5.41, 5.74) is 0. The Morgan fingerprint density at radius 2 is 1.80 bits per heavy atom. The van der Waals surface area contributed by atoms with Gasteiger partial charge in [-0.1, -0.05) is 6.92 Å². The Bertz CT molecular complexity index is 191. The van der Waals surface area contributed by atoms with E-state index in [1.807, 2.05) is 0 Å². The lowest BCUT2D eigenvalue weighted by atomic mass is 9.99. The van der Waals surface area contributed by atoms with Crippen LogP contribution in [0.15, 0.2) is 0 Å². The van der Waals surface area contributed by atoms with Gasteiger partial charge in [-0.15, -0.1) is 0 Å². The zero-order valence-electron chi connectivity index (χ0n) is 10.4. The zero-order chi connectivity index (χ0) is 10.8. The third-order valence-corrected chi connectivity index (χ3v) is 3.84. The van der Waals surface area contributed by atoms with E-state index >= 15 is 0 Å².